The molecule has 1 aliphatic heterocycles. The number of hydrogen-bond acceptors (Lipinski definition) is 3. The zero-order chi connectivity index (χ0) is 11.4. The van der Waals surface area contributed by atoms with Crippen molar-refractivity contribution < 1.29 is 0 Å². The molecule has 1 atom stereocenters. The van der Waals surface area contributed by atoms with E-state index in [-0.39, 0.29) is 0 Å². The molecule has 3 heteroatoms. The largest absolute Gasteiger partial charge is 0.368 e. The normalized spacial score (nSPS) is 20.4. The lowest BCUT2D eigenvalue weighted by atomic mass is 10.2. The summed E-state index contributed by atoms with van der Waals surface area (Å²) in [5, 5.41) is 3.59. The molecule has 0 aliphatic carbocycles. The Morgan fingerprint density at radius 1 is 1.56 bits per heavy atom. The molecule has 3 nitrogen and oxygen atoms in total. The predicted octanol–water partition coefficient (Wildman–Crippen LogP) is 1.97. The molecular weight excluding hydrogens is 198 g/mol. The second-order valence-electron chi connectivity index (χ2n) is 4.49. The van der Waals surface area contributed by atoms with E-state index in [0.717, 1.165) is 25.3 Å². The van der Waals surface area contributed by atoms with Crippen LogP contribution >= 0.6 is 0 Å². The van der Waals surface area contributed by atoms with Crippen molar-refractivity contribution in [2.45, 2.75) is 32.7 Å². The lowest BCUT2D eigenvalue weighted by Gasteiger charge is -2.20. The maximum atomic E-state index is 4.35. The van der Waals surface area contributed by atoms with E-state index in [1.54, 1.807) is 0 Å². The van der Waals surface area contributed by atoms with Gasteiger partial charge in [0.1, 0.15) is 0 Å². The smallest absolute Gasteiger partial charge is 0.0605 e. The van der Waals surface area contributed by atoms with Crippen LogP contribution in [0.15, 0.2) is 18.3 Å². The summed E-state index contributed by atoms with van der Waals surface area (Å²) in [5.74, 6) is 0. The van der Waals surface area contributed by atoms with E-state index in [2.05, 4.69) is 35.1 Å². The highest BCUT2D eigenvalue weighted by Crippen LogP contribution is 2.22. The van der Waals surface area contributed by atoms with E-state index in [4.69, 9.17) is 0 Å². The molecule has 1 aromatic rings. The Hall–Kier alpha value is -1.09. The molecule has 1 fully saturated rings. The number of anilines is 1. The Kier molecular flexibility index (Phi) is 3.78. The number of aromatic nitrogens is 1. The predicted molar refractivity (Wildman–Crippen MR) is 67.9 cm³/mol. The van der Waals surface area contributed by atoms with Crippen LogP contribution in [0, 0.1) is 6.92 Å². The van der Waals surface area contributed by atoms with Crippen molar-refractivity contribution in [3.05, 3.63) is 24.0 Å². The second-order valence-corrected chi connectivity index (χ2v) is 4.49. The van der Waals surface area contributed by atoms with Crippen LogP contribution < -0.4 is 10.2 Å². The third kappa shape index (κ3) is 2.53. The summed E-state index contributed by atoms with van der Waals surface area (Å²) in [7, 11) is 0. The minimum atomic E-state index is 0.652. The van der Waals surface area contributed by atoms with E-state index in [9.17, 15) is 0 Å². The van der Waals surface area contributed by atoms with Gasteiger partial charge in [0.25, 0.3) is 0 Å². The SMILES string of the molecule is CCCNC1CCN(c2cccnc2C)C1. The molecule has 0 saturated carbocycles. The summed E-state index contributed by atoms with van der Waals surface area (Å²) >= 11 is 0. The maximum absolute atomic E-state index is 4.35. The topological polar surface area (TPSA) is 28.2 Å². The molecule has 2 heterocycles. The summed E-state index contributed by atoms with van der Waals surface area (Å²) in [6.45, 7) is 7.69. The van der Waals surface area contributed by atoms with Gasteiger partial charge in [-0.1, -0.05) is 6.92 Å². The highest BCUT2D eigenvalue weighted by molar-refractivity contribution is 5.50. The van der Waals surface area contributed by atoms with Gasteiger partial charge >= 0.3 is 0 Å². The van der Waals surface area contributed by atoms with Crippen LogP contribution in [-0.2, 0) is 0 Å². The molecule has 0 aromatic carbocycles. The van der Waals surface area contributed by atoms with Crippen LogP contribution in [0.3, 0.4) is 0 Å². The molecule has 0 spiro atoms. The Morgan fingerprint density at radius 2 is 2.44 bits per heavy atom. The molecule has 16 heavy (non-hydrogen) atoms. The summed E-state index contributed by atoms with van der Waals surface area (Å²) in [4.78, 5) is 6.79. The molecule has 0 radical (unpaired) electrons. The van der Waals surface area contributed by atoms with E-state index < -0.39 is 0 Å². The first-order valence-corrected chi connectivity index (χ1v) is 6.21. The molecule has 0 amide bonds. The van der Waals surface area contributed by atoms with E-state index in [1.165, 1.54) is 18.5 Å². The standard InChI is InChI=1S/C13H21N3/c1-3-7-15-12-6-9-16(10-12)13-5-4-8-14-11(13)2/h4-5,8,12,15H,3,6-7,9-10H2,1-2H3. The van der Waals surface area contributed by atoms with Crippen molar-refractivity contribution >= 4 is 5.69 Å². The number of nitrogens with zero attached hydrogens (tertiary/aromatic N) is 2. The lowest BCUT2D eigenvalue weighted by Crippen LogP contribution is -2.33. The quantitative estimate of drug-likeness (QED) is 0.839. The number of hydrogen-bond donors (Lipinski definition) is 1. The van der Waals surface area contributed by atoms with Crippen molar-refractivity contribution in [1.82, 2.24) is 10.3 Å². The van der Waals surface area contributed by atoms with Crippen LogP contribution in [-0.4, -0.2) is 30.7 Å². The van der Waals surface area contributed by atoms with Gasteiger partial charge < -0.3 is 10.2 Å². The van der Waals surface area contributed by atoms with Gasteiger partial charge in [-0.05, 0) is 38.4 Å². The fourth-order valence-electron chi connectivity index (χ4n) is 2.30. The van der Waals surface area contributed by atoms with Gasteiger partial charge in [-0.3, -0.25) is 4.98 Å². The third-order valence-electron chi connectivity index (χ3n) is 3.19. The zero-order valence-electron chi connectivity index (χ0n) is 10.2. The van der Waals surface area contributed by atoms with Crippen molar-refractivity contribution in [1.29, 1.82) is 0 Å². The molecule has 2 rings (SSSR count). The Labute approximate surface area is 97.9 Å². The van der Waals surface area contributed by atoms with Gasteiger partial charge in [-0.2, -0.15) is 0 Å². The maximum Gasteiger partial charge on any atom is 0.0605 e. The van der Waals surface area contributed by atoms with Gasteiger partial charge in [0, 0.05) is 25.3 Å². The molecule has 1 N–H and O–H groups in total. The highest BCUT2D eigenvalue weighted by atomic mass is 15.2. The average Bonchev–Trinajstić information content (AvgIpc) is 2.75. The van der Waals surface area contributed by atoms with E-state index in [1.807, 2.05) is 12.3 Å². The molecule has 1 saturated heterocycles. The first-order chi connectivity index (χ1) is 7.81. The highest BCUT2D eigenvalue weighted by Gasteiger charge is 2.22. The number of rotatable bonds is 4. The van der Waals surface area contributed by atoms with Crippen molar-refractivity contribution in [2.24, 2.45) is 0 Å². The van der Waals surface area contributed by atoms with E-state index >= 15 is 0 Å². The monoisotopic (exact) mass is 219 g/mol. The summed E-state index contributed by atoms with van der Waals surface area (Å²) in [6, 6.07) is 4.85. The van der Waals surface area contributed by atoms with E-state index in [0.29, 0.717) is 6.04 Å². The van der Waals surface area contributed by atoms with Crippen LogP contribution in [0.2, 0.25) is 0 Å². The second kappa shape index (κ2) is 5.30. The Morgan fingerprint density at radius 3 is 3.19 bits per heavy atom. The van der Waals surface area contributed by atoms with Crippen molar-refractivity contribution in [3.8, 4) is 0 Å². The first kappa shape index (κ1) is 11.4. The number of aryl methyl sites for hydroxylation is 1. The average molecular weight is 219 g/mol. The fourth-order valence-corrected chi connectivity index (χ4v) is 2.30. The summed E-state index contributed by atoms with van der Waals surface area (Å²) in [5.41, 5.74) is 2.43. The molecular formula is C13H21N3. The number of nitrogens with one attached hydrogen (secondary N) is 1. The first-order valence-electron chi connectivity index (χ1n) is 6.21. The van der Waals surface area contributed by atoms with Crippen LogP contribution in [0.25, 0.3) is 0 Å². The third-order valence-corrected chi connectivity index (χ3v) is 3.19. The molecule has 0 bridgehead atoms. The lowest BCUT2D eigenvalue weighted by molar-refractivity contribution is 0.549. The van der Waals surface area contributed by atoms with Crippen LogP contribution in [0.1, 0.15) is 25.5 Å². The summed E-state index contributed by atoms with van der Waals surface area (Å²) < 4.78 is 0. The van der Waals surface area contributed by atoms with Gasteiger partial charge in [0.05, 0.1) is 11.4 Å². The van der Waals surface area contributed by atoms with Gasteiger partial charge in [-0.15, -0.1) is 0 Å². The Bertz CT molecular complexity index is 338. The molecule has 1 aromatic heterocycles. The van der Waals surface area contributed by atoms with Crippen LogP contribution in [0.5, 0.6) is 0 Å². The van der Waals surface area contributed by atoms with Gasteiger partial charge in [0.2, 0.25) is 0 Å². The molecule has 1 unspecified atom stereocenters. The van der Waals surface area contributed by atoms with Crippen molar-refractivity contribution in [2.75, 3.05) is 24.5 Å². The minimum Gasteiger partial charge on any atom is -0.368 e. The fraction of sp³-hybridized carbons (Fsp3) is 0.615. The molecule has 88 valence electrons. The van der Waals surface area contributed by atoms with Crippen LogP contribution in [0.4, 0.5) is 5.69 Å². The van der Waals surface area contributed by atoms with Crippen molar-refractivity contribution in [3.63, 3.8) is 0 Å². The molecule has 1 aliphatic rings. The zero-order valence-corrected chi connectivity index (χ0v) is 10.2. The Balaban J connectivity index is 1.96. The van der Waals surface area contributed by atoms with Gasteiger partial charge in [0.15, 0.2) is 0 Å². The van der Waals surface area contributed by atoms with Gasteiger partial charge in [-0.25, -0.2) is 0 Å². The minimum absolute atomic E-state index is 0.652. The number of pyridine rings is 1. The summed E-state index contributed by atoms with van der Waals surface area (Å²) in [6.07, 6.45) is 4.32.